The molecule has 0 spiro atoms. The second-order valence-corrected chi connectivity index (χ2v) is 6.55. The Morgan fingerprint density at radius 1 is 1.14 bits per heavy atom. The van der Waals surface area contributed by atoms with Gasteiger partial charge in [-0.1, -0.05) is 11.6 Å². The number of aryl methyl sites for hydroxylation is 2. The first-order valence-corrected chi connectivity index (χ1v) is 8.08. The summed E-state index contributed by atoms with van der Waals surface area (Å²) in [6.45, 7) is 0. The van der Waals surface area contributed by atoms with Crippen LogP contribution in [-0.4, -0.2) is 17.1 Å². The van der Waals surface area contributed by atoms with Crippen molar-refractivity contribution in [2.45, 2.75) is 19.3 Å². The number of hydrogen-bond donors (Lipinski definition) is 0. The first-order valence-electron chi connectivity index (χ1n) is 6.88. The fourth-order valence-corrected chi connectivity index (χ4v) is 4.42. The first-order chi connectivity index (χ1) is 10.3. The van der Waals surface area contributed by atoms with Crippen LogP contribution in [0.3, 0.4) is 0 Å². The van der Waals surface area contributed by atoms with Crippen LogP contribution in [0, 0.1) is 0 Å². The Kier molecular flexibility index (Phi) is 3.08. The normalized spacial score (nSPS) is 13.6. The zero-order chi connectivity index (χ0) is 14.4. The minimum Gasteiger partial charge on any atom is -0.497 e. The van der Waals surface area contributed by atoms with E-state index in [9.17, 15) is 0 Å². The molecule has 1 aromatic carbocycles. The summed E-state index contributed by atoms with van der Waals surface area (Å²) in [4.78, 5) is 11.6. The minimum absolute atomic E-state index is 0.574. The van der Waals surface area contributed by atoms with Crippen LogP contribution in [0.1, 0.15) is 16.9 Å². The molecule has 5 heteroatoms. The van der Waals surface area contributed by atoms with Crippen molar-refractivity contribution in [3.8, 4) is 17.1 Å². The molecule has 106 valence electrons. The summed E-state index contributed by atoms with van der Waals surface area (Å²) in [6, 6.07) is 7.73. The van der Waals surface area contributed by atoms with Gasteiger partial charge in [-0.15, -0.1) is 11.3 Å². The maximum absolute atomic E-state index is 6.43. The Morgan fingerprint density at radius 3 is 2.71 bits per heavy atom. The Hall–Kier alpha value is -1.65. The molecule has 0 radical (unpaired) electrons. The molecule has 2 aromatic heterocycles. The van der Waals surface area contributed by atoms with Gasteiger partial charge in [0.1, 0.15) is 15.7 Å². The molecule has 2 heterocycles. The molecular formula is C16H13ClN2OS. The minimum atomic E-state index is 0.574. The Morgan fingerprint density at radius 2 is 1.95 bits per heavy atom. The third-order valence-electron chi connectivity index (χ3n) is 3.87. The van der Waals surface area contributed by atoms with E-state index in [0.29, 0.717) is 11.0 Å². The van der Waals surface area contributed by atoms with E-state index in [4.69, 9.17) is 21.3 Å². The van der Waals surface area contributed by atoms with E-state index in [1.165, 1.54) is 16.9 Å². The van der Waals surface area contributed by atoms with E-state index in [0.717, 1.165) is 34.4 Å². The summed E-state index contributed by atoms with van der Waals surface area (Å²) in [5, 5.41) is 1.64. The molecule has 1 aliphatic carbocycles. The van der Waals surface area contributed by atoms with Crippen LogP contribution < -0.4 is 4.74 Å². The number of aromatic nitrogens is 2. The molecule has 0 N–H and O–H groups in total. The van der Waals surface area contributed by atoms with Crippen molar-refractivity contribution in [3.63, 3.8) is 0 Å². The van der Waals surface area contributed by atoms with E-state index in [2.05, 4.69) is 4.98 Å². The summed E-state index contributed by atoms with van der Waals surface area (Å²) >= 11 is 8.18. The van der Waals surface area contributed by atoms with Gasteiger partial charge in [-0.3, -0.25) is 0 Å². The quantitative estimate of drug-likeness (QED) is 0.652. The number of methoxy groups -OCH3 is 1. The molecule has 0 unspecified atom stereocenters. The molecule has 0 fully saturated rings. The van der Waals surface area contributed by atoms with Crippen LogP contribution in [0.2, 0.25) is 5.15 Å². The summed E-state index contributed by atoms with van der Waals surface area (Å²) < 4.78 is 5.18. The third kappa shape index (κ3) is 2.10. The SMILES string of the molecule is COc1ccc(-c2nc(Cl)c3c4c(sc3n2)CCC4)cc1. The lowest BCUT2D eigenvalue weighted by Crippen LogP contribution is -1.91. The van der Waals surface area contributed by atoms with Gasteiger partial charge in [0.25, 0.3) is 0 Å². The number of halogens is 1. The van der Waals surface area contributed by atoms with Gasteiger partial charge in [-0.25, -0.2) is 9.97 Å². The number of fused-ring (bicyclic) bond motifs is 3. The maximum Gasteiger partial charge on any atom is 0.162 e. The van der Waals surface area contributed by atoms with Crippen molar-refractivity contribution in [2.24, 2.45) is 0 Å². The highest BCUT2D eigenvalue weighted by Gasteiger charge is 2.21. The van der Waals surface area contributed by atoms with E-state index in [1.807, 2.05) is 24.3 Å². The van der Waals surface area contributed by atoms with E-state index >= 15 is 0 Å². The van der Waals surface area contributed by atoms with Crippen LogP contribution in [0.5, 0.6) is 5.75 Å². The highest BCUT2D eigenvalue weighted by Crippen LogP contribution is 2.40. The molecule has 4 rings (SSSR count). The van der Waals surface area contributed by atoms with Crippen LogP contribution in [0.25, 0.3) is 21.6 Å². The average Bonchev–Trinajstić information content (AvgIpc) is 3.07. The van der Waals surface area contributed by atoms with Gasteiger partial charge in [0.05, 0.1) is 12.5 Å². The molecule has 0 saturated heterocycles. The van der Waals surface area contributed by atoms with E-state index in [-0.39, 0.29) is 0 Å². The van der Waals surface area contributed by atoms with Gasteiger partial charge in [0, 0.05) is 10.4 Å². The highest BCUT2D eigenvalue weighted by atomic mass is 35.5. The smallest absolute Gasteiger partial charge is 0.162 e. The summed E-state index contributed by atoms with van der Waals surface area (Å²) in [5.41, 5.74) is 2.31. The zero-order valence-electron chi connectivity index (χ0n) is 11.5. The molecule has 0 bridgehead atoms. The largest absolute Gasteiger partial charge is 0.497 e. The fraction of sp³-hybridized carbons (Fsp3) is 0.250. The summed E-state index contributed by atoms with van der Waals surface area (Å²) in [6.07, 6.45) is 3.46. The number of ether oxygens (including phenoxy) is 1. The lowest BCUT2D eigenvalue weighted by molar-refractivity contribution is 0.415. The van der Waals surface area contributed by atoms with Gasteiger partial charge in [0.15, 0.2) is 5.82 Å². The number of benzene rings is 1. The molecule has 0 amide bonds. The van der Waals surface area contributed by atoms with Crippen LogP contribution in [0.15, 0.2) is 24.3 Å². The second kappa shape index (κ2) is 4.97. The van der Waals surface area contributed by atoms with E-state index in [1.54, 1.807) is 18.4 Å². The fourth-order valence-electron chi connectivity index (χ4n) is 2.82. The molecule has 3 nitrogen and oxygen atoms in total. The molecule has 0 atom stereocenters. The van der Waals surface area contributed by atoms with Crippen molar-refractivity contribution in [1.82, 2.24) is 9.97 Å². The lowest BCUT2D eigenvalue weighted by atomic mass is 10.2. The summed E-state index contributed by atoms with van der Waals surface area (Å²) in [7, 11) is 1.65. The molecule has 21 heavy (non-hydrogen) atoms. The van der Waals surface area contributed by atoms with Gasteiger partial charge >= 0.3 is 0 Å². The van der Waals surface area contributed by atoms with Crippen LogP contribution in [-0.2, 0) is 12.8 Å². The summed E-state index contributed by atoms with van der Waals surface area (Å²) in [5.74, 6) is 1.50. The van der Waals surface area contributed by atoms with Gasteiger partial charge in [-0.05, 0) is 49.1 Å². The van der Waals surface area contributed by atoms with Crippen molar-refractivity contribution in [3.05, 3.63) is 39.9 Å². The number of rotatable bonds is 2. The zero-order valence-corrected chi connectivity index (χ0v) is 13.1. The maximum atomic E-state index is 6.43. The number of nitrogens with zero attached hydrogens (tertiary/aromatic N) is 2. The highest BCUT2D eigenvalue weighted by molar-refractivity contribution is 7.19. The molecular weight excluding hydrogens is 304 g/mol. The van der Waals surface area contributed by atoms with Crippen molar-refractivity contribution in [1.29, 1.82) is 0 Å². The first kappa shape index (κ1) is 13.0. The van der Waals surface area contributed by atoms with Gasteiger partial charge < -0.3 is 4.74 Å². The average molecular weight is 317 g/mol. The van der Waals surface area contributed by atoms with E-state index < -0.39 is 0 Å². The third-order valence-corrected chi connectivity index (χ3v) is 5.33. The van der Waals surface area contributed by atoms with Crippen molar-refractivity contribution in [2.75, 3.05) is 7.11 Å². The Labute approximate surface area is 131 Å². The van der Waals surface area contributed by atoms with Crippen LogP contribution in [0.4, 0.5) is 0 Å². The number of thiophene rings is 1. The Bertz CT molecular complexity index is 826. The standard InChI is InChI=1S/C16H13ClN2OS/c1-20-10-7-5-9(6-8-10)15-18-14(17)13-11-3-2-4-12(11)21-16(13)19-15/h5-8H,2-4H2,1H3. The lowest BCUT2D eigenvalue weighted by Gasteiger charge is -2.04. The monoisotopic (exact) mass is 316 g/mol. The predicted molar refractivity (Wildman–Crippen MR) is 86.4 cm³/mol. The van der Waals surface area contributed by atoms with Gasteiger partial charge in [-0.2, -0.15) is 0 Å². The van der Waals surface area contributed by atoms with Gasteiger partial charge in [0.2, 0.25) is 0 Å². The van der Waals surface area contributed by atoms with Crippen molar-refractivity contribution >= 4 is 33.2 Å². The van der Waals surface area contributed by atoms with Crippen molar-refractivity contribution < 1.29 is 4.74 Å². The molecule has 0 saturated carbocycles. The Balaban J connectivity index is 1.86. The molecule has 0 aliphatic heterocycles. The second-order valence-electron chi connectivity index (χ2n) is 5.10. The molecule has 3 aromatic rings. The molecule has 1 aliphatic rings. The topological polar surface area (TPSA) is 35.0 Å². The van der Waals surface area contributed by atoms with Crippen LogP contribution >= 0.6 is 22.9 Å². The predicted octanol–water partition coefficient (Wildman–Crippen LogP) is 4.51. The number of hydrogen-bond acceptors (Lipinski definition) is 4.